The Labute approximate surface area is 165 Å². The fraction of sp³-hybridized carbons (Fsp3) is 0.438. The Morgan fingerprint density at radius 1 is 1.19 bits per heavy atom. The standard InChI is InChI=1S/C16H15Br2N3O5/c17-12-5-10-11(6-13(12)18)16(24)20(15(10)23)7-14(22)19-8-2-1-3-9(4-8)21(25)26/h1-4,10-13H,5-7H2,(H,19,22)/t10-,11-,12+,13+/m1/s1. The minimum atomic E-state index is -0.573. The highest BCUT2D eigenvalue weighted by Crippen LogP contribution is 2.43. The molecule has 8 nitrogen and oxygen atoms in total. The van der Waals surface area contributed by atoms with Crippen molar-refractivity contribution in [2.24, 2.45) is 11.8 Å². The molecule has 3 rings (SSSR count). The van der Waals surface area contributed by atoms with Crippen LogP contribution in [0.3, 0.4) is 0 Å². The normalized spacial score (nSPS) is 28.0. The summed E-state index contributed by atoms with van der Waals surface area (Å²) in [4.78, 5) is 48.7. The zero-order chi connectivity index (χ0) is 19.0. The zero-order valence-corrected chi connectivity index (χ0v) is 16.6. The Balaban J connectivity index is 1.68. The number of hydrogen-bond donors (Lipinski definition) is 1. The van der Waals surface area contributed by atoms with Crippen molar-refractivity contribution in [1.29, 1.82) is 0 Å². The van der Waals surface area contributed by atoms with Gasteiger partial charge in [-0.2, -0.15) is 0 Å². The van der Waals surface area contributed by atoms with Crippen molar-refractivity contribution in [3.8, 4) is 0 Å². The third kappa shape index (κ3) is 3.66. The van der Waals surface area contributed by atoms with Gasteiger partial charge in [0.05, 0.1) is 16.8 Å². The number of amides is 3. The van der Waals surface area contributed by atoms with Crippen molar-refractivity contribution in [1.82, 2.24) is 4.90 Å². The molecule has 2 fully saturated rings. The van der Waals surface area contributed by atoms with Crippen LogP contribution in [-0.2, 0) is 14.4 Å². The van der Waals surface area contributed by atoms with Crippen molar-refractivity contribution in [2.45, 2.75) is 22.5 Å². The van der Waals surface area contributed by atoms with Gasteiger partial charge in [0.15, 0.2) is 0 Å². The van der Waals surface area contributed by atoms with Crippen LogP contribution in [-0.4, -0.2) is 43.7 Å². The molecule has 0 spiro atoms. The lowest BCUT2D eigenvalue weighted by molar-refractivity contribution is -0.384. The summed E-state index contributed by atoms with van der Waals surface area (Å²) in [6.45, 7) is -0.396. The molecule has 1 aromatic rings. The zero-order valence-electron chi connectivity index (χ0n) is 13.4. The Hall–Kier alpha value is -1.81. The number of fused-ring (bicyclic) bond motifs is 1. The minimum Gasteiger partial charge on any atom is -0.324 e. The average Bonchev–Trinajstić information content (AvgIpc) is 2.80. The molecule has 3 amide bonds. The molecule has 2 aliphatic rings. The van der Waals surface area contributed by atoms with Gasteiger partial charge in [0.25, 0.3) is 5.69 Å². The van der Waals surface area contributed by atoms with E-state index in [1.807, 2.05) is 0 Å². The van der Waals surface area contributed by atoms with Crippen LogP contribution in [0.2, 0.25) is 0 Å². The molecule has 4 atom stereocenters. The summed E-state index contributed by atoms with van der Waals surface area (Å²) in [6.07, 6.45) is 1.07. The van der Waals surface area contributed by atoms with Gasteiger partial charge in [-0.1, -0.05) is 37.9 Å². The number of alkyl halides is 2. The number of imide groups is 1. The molecule has 0 bridgehead atoms. The highest BCUT2D eigenvalue weighted by atomic mass is 79.9. The lowest BCUT2D eigenvalue weighted by Gasteiger charge is -2.29. The van der Waals surface area contributed by atoms with Crippen LogP contribution < -0.4 is 5.32 Å². The molecule has 138 valence electrons. The van der Waals surface area contributed by atoms with Crippen LogP contribution in [0.5, 0.6) is 0 Å². The van der Waals surface area contributed by atoms with E-state index in [1.54, 1.807) is 0 Å². The van der Waals surface area contributed by atoms with Crippen molar-refractivity contribution < 1.29 is 19.3 Å². The summed E-state index contributed by atoms with van der Waals surface area (Å²) in [5.41, 5.74) is 0.0793. The Bertz CT molecular complexity index is 759. The van der Waals surface area contributed by atoms with Crippen LogP contribution in [0.15, 0.2) is 24.3 Å². The lowest BCUT2D eigenvalue weighted by atomic mass is 9.81. The van der Waals surface area contributed by atoms with Gasteiger partial charge in [0, 0.05) is 27.5 Å². The predicted molar refractivity (Wildman–Crippen MR) is 100 cm³/mol. The van der Waals surface area contributed by atoms with Crippen molar-refractivity contribution in [3.63, 3.8) is 0 Å². The molecule has 1 heterocycles. The number of nitro groups is 1. The summed E-state index contributed by atoms with van der Waals surface area (Å²) < 4.78 is 0. The third-order valence-electron chi connectivity index (χ3n) is 4.65. The van der Waals surface area contributed by atoms with E-state index in [1.165, 1.54) is 24.3 Å². The summed E-state index contributed by atoms with van der Waals surface area (Å²) in [5.74, 6) is -2.06. The van der Waals surface area contributed by atoms with Crippen LogP contribution in [0, 0.1) is 22.0 Å². The van der Waals surface area contributed by atoms with E-state index in [9.17, 15) is 24.5 Å². The first-order chi connectivity index (χ1) is 12.3. The fourth-order valence-corrected chi connectivity index (χ4v) is 4.60. The molecule has 1 aromatic carbocycles. The SMILES string of the molecule is O=C(CN1C(=O)[C@@H]2C[C@H](Br)[C@@H](Br)C[C@H]2C1=O)Nc1cccc([N+](=O)[O-])c1. The molecule has 1 saturated carbocycles. The number of carbonyl (C=O) groups is 3. The Kier molecular flexibility index (Phi) is 5.42. The molecule has 1 saturated heterocycles. The topological polar surface area (TPSA) is 110 Å². The van der Waals surface area contributed by atoms with Gasteiger partial charge < -0.3 is 5.32 Å². The number of nitro benzene ring substituents is 1. The predicted octanol–water partition coefficient (Wildman–Crippen LogP) is 2.46. The lowest BCUT2D eigenvalue weighted by Crippen LogP contribution is -2.38. The highest BCUT2D eigenvalue weighted by Gasteiger charge is 2.52. The second kappa shape index (κ2) is 7.43. The molecular weight excluding hydrogens is 474 g/mol. The number of nitrogens with zero attached hydrogens (tertiary/aromatic N) is 2. The number of non-ortho nitro benzene ring substituents is 1. The van der Waals surface area contributed by atoms with Crippen LogP contribution >= 0.6 is 31.9 Å². The number of rotatable bonds is 4. The van der Waals surface area contributed by atoms with Gasteiger partial charge >= 0.3 is 0 Å². The molecule has 0 radical (unpaired) electrons. The van der Waals surface area contributed by atoms with E-state index >= 15 is 0 Å². The van der Waals surface area contributed by atoms with E-state index in [2.05, 4.69) is 37.2 Å². The van der Waals surface area contributed by atoms with Crippen molar-refractivity contribution >= 4 is 61.0 Å². The van der Waals surface area contributed by atoms with E-state index < -0.39 is 29.2 Å². The van der Waals surface area contributed by atoms with Gasteiger partial charge in [0.2, 0.25) is 17.7 Å². The van der Waals surface area contributed by atoms with Gasteiger partial charge in [-0.3, -0.25) is 29.4 Å². The molecule has 0 unspecified atom stereocenters. The summed E-state index contributed by atoms with van der Waals surface area (Å²) in [6, 6.07) is 5.47. The second-order valence-electron chi connectivity index (χ2n) is 6.33. The maximum atomic E-state index is 12.5. The quantitative estimate of drug-likeness (QED) is 0.303. The van der Waals surface area contributed by atoms with Gasteiger partial charge in [-0.25, -0.2) is 0 Å². The maximum Gasteiger partial charge on any atom is 0.271 e. The number of anilines is 1. The molecule has 26 heavy (non-hydrogen) atoms. The average molecular weight is 489 g/mol. The van der Waals surface area contributed by atoms with E-state index in [0.717, 1.165) is 4.90 Å². The Morgan fingerprint density at radius 3 is 2.31 bits per heavy atom. The maximum absolute atomic E-state index is 12.5. The molecule has 1 aliphatic carbocycles. The summed E-state index contributed by atoms with van der Waals surface area (Å²) in [7, 11) is 0. The highest BCUT2D eigenvalue weighted by molar-refractivity contribution is 9.12. The first-order valence-corrected chi connectivity index (χ1v) is 9.78. The molecule has 10 heteroatoms. The van der Waals surface area contributed by atoms with E-state index in [0.29, 0.717) is 12.8 Å². The number of hydrogen-bond acceptors (Lipinski definition) is 5. The van der Waals surface area contributed by atoms with Gasteiger partial charge in [-0.15, -0.1) is 0 Å². The first kappa shape index (κ1) is 19.0. The van der Waals surface area contributed by atoms with E-state index in [4.69, 9.17) is 0 Å². The largest absolute Gasteiger partial charge is 0.324 e. The molecular formula is C16H15Br2N3O5. The summed E-state index contributed by atoms with van der Waals surface area (Å²) in [5, 5.41) is 13.3. The van der Waals surface area contributed by atoms with Crippen molar-refractivity contribution in [2.75, 3.05) is 11.9 Å². The first-order valence-electron chi connectivity index (χ1n) is 7.95. The monoisotopic (exact) mass is 487 g/mol. The fourth-order valence-electron chi connectivity index (χ4n) is 3.36. The van der Waals surface area contributed by atoms with Gasteiger partial charge in [-0.05, 0) is 18.9 Å². The number of nitrogens with one attached hydrogen (secondary N) is 1. The number of likely N-dealkylation sites (tertiary alicyclic amines) is 1. The number of benzene rings is 1. The summed E-state index contributed by atoms with van der Waals surface area (Å²) >= 11 is 7.02. The van der Waals surface area contributed by atoms with Crippen LogP contribution in [0.4, 0.5) is 11.4 Å². The van der Waals surface area contributed by atoms with Crippen LogP contribution in [0.25, 0.3) is 0 Å². The van der Waals surface area contributed by atoms with Gasteiger partial charge in [0.1, 0.15) is 6.54 Å². The van der Waals surface area contributed by atoms with Crippen LogP contribution in [0.1, 0.15) is 12.8 Å². The van der Waals surface area contributed by atoms with E-state index in [-0.39, 0.29) is 32.8 Å². The number of halogens is 2. The molecule has 1 aliphatic heterocycles. The third-order valence-corrected chi connectivity index (χ3v) is 7.38. The smallest absolute Gasteiger partial charge is 0.271 e. The Morgan fingerprint density at radius 2 is 1.77 bits per heavy atom. The molecule has 1 N–H and O–H groups in total. The van der Waals surface area contributed by atoms with Crippen molar-refractivity contribution in [3.05, 3.63) is 34.4 Å². The molecule has 0 aromatic heterocycles. The second-order valence-corrected chi connectivity index (χ2v) is 8.69. The number of carbonyl (C=O) groups excluding carboxylic acids is 3. The minimum absolute atomic E-state index is 0.0964.